The molecular formula is C20H31N3O6S. The summed E-state index contributed by atoms with van der Waals surface area (Å²) >= 11 is 0. The number of hydrogen-bond donors (Lipinski definition) is 2. The molecule has 0 unspecified atom stereocenters. The zero-order valence-electron chi connectivity index (χ0n) is 17.8. The molecular weight excluding hydrogens is 410 g/mol. The quantitative estimate of drug-likeness (QED) is 0.560. The van der Waals surface area contributed by atoms with E-state index >= 15 is 0 Å². The molecule has 2 amide bonds. The third kappa shape index (κ3) is 7.17. The number of amides is 2. The molecule has 2 rings (SSSR count). The van der Waals surface area contributed by atoms with E-state index in [4.69, 9.17) is 9.47 Å². The second kappa shape index (κ2) is 11.2. The number of carbonyl (C=O) groups excluding carboxylic acids is 2. The van der Waals surface area contributed by atoms with Crippen molar-refractivity contribution < 1.29 is 27.5 Å². The molecule has 30 heavy (non-hydrogen) atoms. The Kier molecular flexibility index (Phi) is 8.91. The number of piperidine rings is 1. The zero-order chi connectivity index (χ0) is 22.1. The first-order chi connectivity index (χ1) is 14.2. The highest BCUT2D eigenvalue weighted by molar-refractivity contribution is 7.88. The average Bonchev–Trinajstić information content (AvgIpc) is 2.71. The van der Waals surface area contributed by atoms with Crippen LogP contribution < -0.4 is 20.1 Å². The molecule has 1 aromatic rings. The Labute approximate surface area is 178 Å². The van der Waals surface area contributed by atoms with E-state index in [1.165, 1.54) is 10.6 Å². The van der Waals surface area contributed by atoms with Gasteiger partial charge in [-0.25, -0.2) is 12.7 Å². The fourth-order valence-electron chi connectivity index (χ4n) is 3.22. The molecule has 9 nitrogen and oxygen atoms in total. The van der Waals surface area contributed by atoms with Crippen LogP contribution in [-0.4, -0.2) is 70.2 Å². The molecule has 1 saturated heterocycles. The number of nitrogens with one attached hydrogen (secondary N) is 2. The van der Waals surface area contributed by atoms with E-state index in [9.17, 15) is 18.0 Å². The maximum Gasteiger partial charge on any atom is 0.251 e. The van der Waals surface area contributed by atoms with Crippen molar-refractivity contribution in [1.29, 1.82) is 0 Å². The van der Waals surface area contributed by atoms with Crippen LogP contribution in [0.4, 0.5) is 0 Å². The van der Waals surface area contributed by atoms with Crippen LogP contribution >= 0.6 is 0 Å². The van der Waals surface area contributed by atoms with Crippen LogP contribution in [0.15, 0.2) is 18.2 Å². The average molecular weight is 442 g/mol. The van der Waals surface area contributed by atoms with Gasteiger partial charge in [0.05, 0.1) is 26.0 Å². The number of rotatable bonds is 10. The maximum atomic E-state index is 12.4. The minimum absolute atomic E-state index is 0.141. The molecule has 0 aromatic heterocycles. The van der Waals surface area contributed by atoms with E-state index in [0.717, 1.165) is 0 Å². The molecule has 0 saturated carbocycles. The standard InChI is InChI=1S/C20H31N3O6S/c1-4-28-17-7-6-16(12-18(17)29-5-2)20(25)22-14-19(24)21-13-15-8-10-23(11-9-15)30(3,26)27/h6-7,12,15H,4-5,8-11,13-14H2,1-3H3,(H,21,24)(H,22,25). The second-order valence-corrected chi connectivity index (χ2v) is 9.10. The van der Waals surface area contributed by atoms with Crippen molar-refractivity contribution in [3.05, 3.63) is 23.8 Å². The predicted molar refractivity (Wildman–Crippen MR) is 113 cm³/mol. The van der Waals surface area contributed by atoms with Crippen molar-refractivity contribution in [2.75, 3.05) is 45.6 Å². The summed E-state index contributed by atoms with van der Waals surface area (Å²) in [5, 5.41) is 5.40. The Morgan fingerprint density at radius 3 is 2.30 bits per heavy atom. The highest BCUT2D eigenvalue weighted by atomic mass is 32.2. The number of nitrogens with zero attached hydrogens (tertiary/aromatic N) is 1. The van der Waals surface area contributed by atoms with E-state index in [-0.39, 0.29) is 24.3 Å². The van der Waals surface area contributed by atoms with E-state index in [0.29, 0.717) is 62.8 Å². The van der Waals surface area contributed by atoms with Gasteiger partial charge in [-0.2, -0.15) is 0 Å². The van der Waals surface area contributed by atoms with Crippen LogP contribution in [0, 0.1) is 5.92 Å². The maximum absolute atomic E-state index is 12.4. The van der Waals surface area contributed by atoms with Crippen molar-refractivity contribution >= 4 is 21.8 Å². The summed E-state index contributed by atoms with van der Waals surface area (Å²) < 4.78 is 35.5. The molecule has 1 fully saturated rings. The molecule has 0 atom stereocenters. The van der Waals surface area contributed by atoms with Gasteiger partial charge in [0.15, 0.2) is 11.5 Å². The fourth-order valence-corrected chi connectivity index (χ4v) is 4.09. The third-order valence-corrected chi connectivity index (χ3v) is 6.15. The molecule has 1 aliphatic heterocycles. The molecule has 2 N–H and O–H groups in total. The van der Waals surface area contributed by atoms with Gasteiger partial charge in [0, 0.05) is 25.2 Å². The number of benzene rings is 1. The molecule has 10 heteroatoms. The van der Waals surface area contributed by atoms with Gasteiger partial charge in [-0.1, -0.05) is 0 Å². The smallest absolute Gasteiger partial charge is 0.251 e. The molecule has 0 spiro atoms. The lowest BCUT2D eigenvalue weighted by atomic mass is 9.98. The van der Waals surface area contributed by atoms with Gasteiger partial charge < -0.3 is 20.1 Å². The second-order valence-electron chi connectivity index (χ2n) is 7.12. The largest absolute Gasteiger partial charge is 0.490 e. The van der Waals surface area contributed by atoms with Crippen molar-refractivity contribution in [1.82, 2.24) is 14.9 Å². The molecule has 0 bridgehead atoms. The van der Waals surface area contributed by atoms with E-state index in [1.807, 2.05) is 13.8 Å². The summed E-state index contributed by atoms with van der Waals surface area (Å²) in [5.74, 6) is 0.607. The lowest BCUT2D eigenvalue weighted by Gasteiger charge is -2.30. The van der Waals surface area contributed by atoms with Gasteiger partial charge in [0.1, 0.15) is 0 Å². The van der Waals surface area contributed by atoms with Gasteiger partial charge in [0.25, 0.3) is 5.91 Å². The fraction of sp³-hybridized carbons (Fsp3) is 0.600. The Morgan fingerprint density at radius 1 is 1.07 bits per heavy atom. The van der Waals surface area contributed by atoms with Crippen molar-refractivity contribution in [3.63, 3.8) is 0 Å². The molecule has 168 valence electrons. The van der Waals surface area contributed by atoms with Crippen molar-refractivity contribution in [2.24, 2.45) is 5.92 Å². The van der Waals surface area contributed by atoms with Crippen molar-refractivity contribution in [3.8, 4) is 11.5 Å². The van der Waals surface area contributed by atoms with Crippen molar-refractivity contribution in [2.45, 2.75) is 26.7 Å². The van der Waals surface area contributed by atoms with Crippen LogP contribution in [0.5, 0.6) is 11.5 Å². The first kappa shape index (κ1) is 23.9. The third-order valence-electron chi connectivity index (χ3n) is 4.85. The van der Waals surface area contributed by atoms with E-state index in [1.54, 1.807) is 18.2 Å². The van der Waals surface area contributed by atoms with Crippen LogP contribution in [0.3, 0.4) is 0 Å². The minimum Gasteiger partial charge on any atom is -0.490 e. The Hall–Kier alpha value is -2.33. The zero-order valence-corrected chi connectivity index (χ0v) is 18.6. The molecule has 1 heterocycles. The van der Waals surface area contributed by atoms with Crippen LogP contribution in [0.25, 0.3) is 0 Å². The van der Waals surface area contributed by atoms with E-state index < -0.39 is 10.0 Å². The monoisotopic (exact) mass is 441 g/mol. The predicted octanol–water partition coefficient (Wildman–Crippen LogP) is 1.00. The topological polar surface area (TPSA) is 114 Å². The number of carbonyl (C=O) groups is 2. The van der Waals surface area contributed by atoms with Gasteiger partial charge in [-0.3, -0.25) is 9.59 Å². The van der Waals surface area contributed by atoms with Gasteiger partial charge in [0.2, 0.25) is 15.9 Å². The Bertz CT molecular complexity index is 835. The number of sulfonamides is 1. The summed E-state index contributed by atoms with van der Waals surface area (Å²) in [6, 6.07) is 4.89. The number of hydrogen-bond acceptors (Lipinski definition) is 6. The SMILES string of the molecule is CCOc1ccc(C(=O)NCC(=O)NCC2CCN(S(C)(=O)=O)CC2)cc1OCC. The first-order valence-electron chi connectivity index (χ1n) is 10.1. The van der Waals surface area contributed by atoms with E-state index in [2.05, 4.69) is 10.6 Å². The van der Waals surface area contributed by atoms with Gasteiger partial charge in [-0.15, -0.1) is 0 Å². The summed E-state index contributed by atoms with van der Waals surface area (Å²) in [6.45, 7) is 5.89. The summed E-state index contributed by atoms with van der Waals surface area (Å²) in [5.41, 5.74) is 0.378. The summed E-state index contributed by atoms with van der Waals surface area (Å²) in [6.07, 6.45) is 2.61. The van der Waals surface area contributed by atoms with Crippen LogP contribution in [0.1, 0.15) is 37.0 Å². The summed E-state index contributed by atoms with van der Waals surface area (Å²) in [4.78, 5) is 24.4. The highest BCUT2D eigenvalue weighted by Crippen LogP contribution is 2.28. The lowest BCUT2D eigenvalue weighted by Crippen LogP contribution is -2.43. The highest BCUT2D eigenvalue weighted by Gasteiger charge is 2.25. The van der Waals surface area contributed by atoms with Crippen LogP contribution in [0.2, 0.25) is 0 Å². The normalized spacial score (nSPS) is 15.4. The first-order valence-corrected chi connectivity index (χ1v) is 12.0. The molecule has 0 radical (unpaired) electrons. The van der Waals surface area contributed by atoms with Gasteiger partial charge in [-0.05, 0) is 50.8 Å². The Balaban J connectivity index is 1.78. The Morgan fingerprint density at radius 2 is 1.70 bits per heavy atom. The molecule has 1 aromatic carbocycles. The van der Waals surface area contributed by atoms with Crippen LogP contribution in [-0.2, 0) is 14.8 Å². The minimum atomic E-state index is -3.16. The number of ether oxygens (including phenoxy) is 2. The molecule has 1 aliphatic rings. The molecule has 0 aliphatic carbocycles. The lowest BCUT2D eigenvalue weighted by molar-refractivity contribution is -0.120. The summed E-state index contributed by atoms with van der Waals surface area (Å²) in [7, 11) is -3.16. The van der Waals surface area contributed by atoms with Gasteiger partial charge >= 0.3 is 0 Å².